The highest BCUT2D eigenvalue weighted by molar-refractivity contribution is 5.96. The van der Waals surface area contributed by atoms with Gasteiger partial charge in [-0.15, -0.1) is 0 Å². The molecule has 30 heavy (non-hydrogen) atoms. The van der Waals surface area contributed by atoms with Gasteiger partial charge in [0.15, 0.2) is 0 Å². The van der Waals surface area contributed by atoms with Gasteiger partial charge in [0.25, 0.3) is 0 Å². The van der Waals surface area contributed by atoms with Crippen molar-refractivity contribution in [1.29, 1.82) is 0 Å². The molecule has 1 aromatic heterocycles. The van der Waals surface area contributed by atoms with Crippen LogP contribution in [0.25, 0.3) is 0 Å². The third-order valence-electron chi connectivity index (χ3n) is 4.85. The van der Waals surface area contributed by atoms with E-state index in [0.29, 0.717) is 5.76 Å². The largest absolute Gasteiger partial charge is 0.469 e. The Hall–Kier alpha value is -3.09. The van der Waals surface area contributed by atoms with Gasteiger partial charge in [0.1, 0.15) is 17.5 Å². The number of hydrogen-bond donors (Lipinski definition) is 0. The molecule has 0 aliphatic carbocycles. The second-order valence-corrected chi connectivity index (χ2v) is 8.43. The summed E-state index contributed by atoms with van der Waals surface area (Å²) in [5, 5.41) is 0. The van der Waals surface area contributed by atoms with Crippen LogP contribution < -0.4 is 0 Å². The van der Waals surface area contributed by atoms with E-state index in [1.807, 2.05) is 30.3 Å². The minimum absolute atomic E-state index is 0.163. The summed E-state index contributed by atoms with van der Waals surface area (Å²) in [6.45, 7) is 7.05. The molecule has 0 radical (unpaired) electrons. The van der Waals surface area contributed by atoms with E-state index in [1.165, 1.54) is 6.26 Å². The highest BCUT2D eigenvalue weighted by atomic mass is 16.6. The number of ether oxygens (including phenoxy) is 2. The van der Waals surface area contributed by atoms with Gasteiger partial charge in [0.2, 0.25) is 5.91 Å². The number of imide groups is 1. The standard InChI is InChI=1S/C23H27NO6/c1-15-20(16-9-6-5-7-10-16)29-22(27)24(15)21(26)17(13-18-11-8-12-28-18)14-19(25)30-23(2,3)4/h5-12,15,17,20H,13-14H2,1-4H3/t15-,17-,20?/m0/s1. The van der Waals surface area contributed by atoms with Crippen molar-refractivity contribution >= 4 is 18.0 Å². The van der Waals surface area contributed by atoms with Gasteiger partial charge in [0.05, 0.1) is 24.6 Å². The SMILES string of the molecule is C[C@H]1C(c2ccccc2)OC(=O)N1C(=O)[C@H](CC(=O)OC(C)(C)C)Cc1ccco1. The van der Waals surface area contributed by atoms with Crippen molar-refractivity contribution in [2.45, 2.75) is 58.3 Å². The minimum Gasteiger partial charge on any atom is -0.469 e. The van der Waals surface area contributed by atoms with E-state index in [4.69, 9.17) is 13.9 Å². The summed E-state index contributed by atoms with van der Waals surface area (Å²) >= 11 is 0. The summed E-state index contributed by atoms with van der Waals surface area (Å²) in [7, 11) is 0. The lowest BCUT2D eigenvalue weighted by atomic mass is 9.96. The predicted octanol–water partition coefficient (Wildman–Crippen LogP) is 4.28. The second-order valence-electron chi connectivity index (χ2n) is 8.43. The van der Waals surface area contributed by atoms with E-state index < -0.39 is 41.6 Å². The lowest BCUT2D eigenvalue weighted by Gasteiger charge is -2.25. The molecule has 1 aliphatic heterocycles. The Morgan fingerprint density at radius 3 is 2.43 bits per heavy atom. The van der Waals surface area contributed by atoms with Crippen LogP contribution in [0.1, 0.15) is 51.5 Å². The van der Waals surface area contributed by atoms with Gasteiger partial charge in [0, 0.05) is 6.42 Å². The van der Waals surface area contributed by atoms with Crippen molar-refractivity contribution in [3.63, 3.8) is 0 Å². The van der Waals surface area contributed by atoms with Crippen LogP contribution in [0, 0.1) is 5.92 Å². The fourth-order valence-corrected chi connectivity index (χ4v) is 3.54. The van der Waals surface area contributed by atoms with Crippen molar-refractivity contribution < 1.29 is 28.3 Å². The molecule has 2 heterocycles. The first kappa shape index (κ1) is 21.6. The molecule has 0 spiro atoms. The molecule has 7 nitrogen and oxygen atoms in total. The average Bonchev–Trinajstić information content (AvgIpc) is 3.27. The second kappa shape index (κ2) is 8.73. The molecule has 2 aromatic rings. The quantitative estimate of drug-likeness (QED) is 0.657. The zero-order valence-electron chi connectivity index (χ0n) is 17.7. The van der Waals surface area contributed by atoms with E-state index in [1.54, 1.807) is 39.8 Å². The number of hydrogen-bond acceptors (Lipinski definition) is 6. The first-order valence-corrected chi connectivity index (χ1v) is 9.98. The molecule has 3 atom stereocenters. The Kier molecular flexibility index (Phi) is 6.29. The van der Waals surface area contributed by atoms with Crippen molar-refractivity contribution in [1.82, 2.24) is 4.90 Å². The first-order chi connectivity index (χ1) is 14.2. The molecule has 3 rings (SSSR count). The first-order valence-electron chi connectivity index (χ1n) is 9.98. The molecule has 0 bridgehead atoms. The number of nitrogens with zero attached hydrogens (tertiary/aromatic N) is 1. The van der Waals surface area contributed by atoms with Gasteiger partial charge >= 0.3 is 12.1 Å². The molecule has 160 valence electrons. The van der Waals surface area contributed by atoms with Crippen molar-refractivity contribution in [2.75, 3.05) is 0 Å². The third-order valence-corrected chi connectivity index (χ3v) is 4.85. The summed E-state index contributed by atoms with van der Waals surface area (Å²) in [6.07, 6.45) is 0.243. The maximum Gasteiger partial charge on any atom is 0.417 e. The lowest BCUT2D eigenvalue weighted by molar-refractivity contribution is -0.158. The van der Waals surface area contributed by atoms with E-state index in [2.05, 4.69) is 0 Å². The Balaban J connectivity index is 1.80. The Labute approximate surface area is 175 Å². The molecule has 2 amide bonds. The lowest BCUT2D eigenvalue weighted by Crippen LogP contribution is -2.43. The number of rotatable bonds is 6. The van der Waals surface area contributed by atoms with E-state index in [9.17, 15) is 14.4 Å². The van der Waals surface area contributed by atoms with Crippen molar-refractivity contribution in [2.24, 2.45) is 5.92 Å². The predicted molar refractivity (Wildman–Crippen MR) is 108 cm³/mol. The van der Waals surface area contributed by atoms with Gasteiger partial charge < -0.3 is 13.9 Å². The fraction of sp³-hybridized carbons (Fsp3) is 0.435. The maximum atomic E-state index is 13.3. The van der Waals surface area contributed by atoms with Gasteiger partial charge in [-0.05, 0) is 45.4 Å². The summed E-state index contributed by atoms with van der Waals surface area (Å²) < 4.78 is 16.2. The number of esters is 1. The molecule has 0 saturated carbocycles. The van der Waals surface area contributed by atoms with E-state index in [0.717, 1.165) is 10.5 Å². The number of amides is 2. The van der Waals surface area contributed by atoms with Crippen LogP contribution in [-0.4, -0.2) is 34.5 Å². The van der Waals surface area contributed by atoms with Crippen LogP contribution in [0.4, 0.5) is 4.79 Å². The van der Waals surface area contributed by atoms with Crippen LogP contribution in [0.2, 0.25) is 0 Å². The monoisotopic (exact) mass is 413 g/mol. The van der Waals surface area contributed by atoms with Crippen LogP contribution in [0.15, 0.2) is 53.1 Å². The van der Waals surface area contributed by atoms with Crippen molar-refractivity contribution in [3.8, 4) is 0 Å². The van der Waals surface area contributed by atoms with Crippen molar-refractivity contribution in [3.05, 3.63) is 60.1 Å². The third kappa shape index (κ3) is 5.09. The molecular weight excluding hydrogens is 386 g/mol. The van der Waals surface area contributed by atoms with E-state index in [-0.39, 0.29) is 12.8 Å². The van der Waals surface area contributed by atoms with Gasteiger partial charge in [-0.1, -0.05) is 30.3 Å². The zero-order valence-corrected chi connectivity index (χ0v) is 17.7. The van der Waals surface area contributed by atoms with Crippen LogP contribution in [0.3, 0.4) is 0 Å². The number of carbonyl (C=O) groups excluding carboxylic acids is 3. The van der Waals surface area contributed by atoms with Gasteiger partial charge in [-0.25, -0.2) is 9.69 Å². The normalized spacial score (nSPS) is 20.0. The molecule has 0 N–H and O–H groups in total. The molecule has 1 aromatic carbocycles. The minimum atomic E-state index is -0.810. The Morgan fingerprint density at radius 2 is 1.83 bits per heavy atom. The summed E-state index contributed by atoms with van der Waals surface area (Å²) in [6, 6.07) is 12.2. The molecule has 1 aliphatic rings. The fourth-order valence-electron chi connectivity index (χ4n) is 3.54. The number of benzene rings is 1. The number of cyclic esters (lactones) is 1. The highest BCUT2D eigenvalue weighted by Crippen LogP contribution is 2.34. The highest BCUT2D eigenvalue weighted by Gasteiger charge is 2.45. The van der Waals surface area contributed by atoms with Gasteiger partial charge in [-0.2, -0.15) is 0 Å². The molecule has 1 fully saturated rings. The van der Waals surface area contributed by atoms with Gasteiger partial charge in [-0.3, -0.25) is 9.59 Å². The van der Waals surface area contributed by atoms with Crippen LogP contribution in [0.5, 0.6) is 0 Å². The molecular formula is C23H27NO6. The molecule has 7 heteroatoms. The molecule has 1 saturated heterocycles. The van der Waals surface area contributed by atoms with Crippen LogP contribution in [-0.2, 0) is 25.5 Å². The average molecular weight is 413 g/mol. The summed E-state index contributed by atoms with van der Waals surface area (Å²) in [4.78, 5) is 39.5. The smallest absolute Gasteiger partial charge is 0.417 e. The molecule has 1 unspecified atom stereocenters. The number of furan rings is 1. The van der Waals surface area contributed by atoms with Crippen LogP contribution >= 0.6 is 0 Å². The topological polar surface area (TPSA) is 86.0 Å². The van der Waals surface area contributed by atoms with E-state index >= 15 is 0 Å². The Bertz CT molecular complexity index is 884. The summed E-state index contributed by atoms with van der Waals surface area (Å²) in [5.41, 5.74) is 0.136. The maximum absolute atomic E-state index is 13.3. The Morgan fingerprint density at radius 1 is 1.13 bits per heavy atom. The zero-order chi connectivity index (χ0) is 21.9. The summed E-state index contributed by atoms with van der Waals surface area (Å²) in [5.74, 6) is -1.24. The number of carbonyl (C=O) groups is 3.